The van der Waals surface area contributed by atoms with E-state index in [1.807, 2.05) is 55.4 Å². The Kier molecular flexibility index (Phi) is 6.21. The van der Waals surface area contributed by atoms with Crippen LogP contribution in [0.25, 0.3) is 10.9 Å². The summed E-state index contributed by atoms with van der Waals surface area (Å²) < 4.78 is 0. The van der Waals surface area contributed by atoms with Crippen molar-refractivity contribution < 1.29 is 4.79 Å². The molecule has 0 unspecified atom stereocenters. The molecule has 6 heteroatoms. The normalized spacial score (nSPS) is 15.0. The van der Waals surface area contributed by atoms with Gasteiger partial charge in [-0.1, -0.05) is 29.8 Å². The molecule has 5 nitrogen and oxygen atoms in total. The van der Waals surface area contributed by atoms with Gasteiger partial charge in [-0.05, 0) is 74.8 Å². The minimum atomic E-state index is -0.0407. The lowest BCUT2D eigenvalue weighted by Gasteiger charge is -2.32. The van der Waals surface area contributed by atoms with Crippen molar-refractivity contribution in [2.75, 3.05) is 32.5 Å². The number of aromatic nitrogens is 1. The van der Waals surface area contributed by atoms with Crippen LogP contribution in [0.1, 0.15) is 30.0 Å². The molecule has 4 rings (SSSR count). The number of carbonyl (C=O) groups is 1. The number of hydrogen-bond donors (Lipinski definition) is 1. The smallest absolute Gasteiger partial charge is 0.321 e. The minimum absolute atomic E-state index is 0.0407. The van der Waals surface area contributed by atoms with Crippen LogP contribution >= 0.6 is 11.6 Å². The van der Waals surface area contributed by atoms with Gasteiger partial charge in [0.05, 0.1) is 11.2 Å². The summed E-state index contributed by atoms with van der Waals surface area (Å²) in [4.78, 5) is 21.4. The van der Waals surface area contributed by atoms with Crippen LogP contribution in [-0.2, 0) is 6.54 Å². The average molecular weight is 423 g/mol. The van der Waals surface area contributed by atoms with E-state index in [1.54, 1.807) is 0 Å². The summed E-state index contributed by atoms with van der Waals surface area (Å²) in [5, 5.41) is 4.83. The molecule has 1 fully saturated rings. The van der Waals surface area contributed by atoms with E-state index < -0.39 is 0 Å². The lowest BCUT2D eigenvalue weighted by Crippen LogP contribution is -2.40. The van der Waals surface area contributed by atoms with E-state index in [2.05, 4.69) is 28.4 Å². The Morgan fingerprint density at radius 2 is 1.83 bits per heavy atom. The lowest BCUT2D eigenvalue weighted by molar-refractivity contribution is 0.194. The number of amides is 2. The molecule has 2 heterocycles. The molecule has 0 bridgehead atoms. The SMILES string of the molecule is CN(C)Cc1ccc2cc(NC(=O)N3CCC(c4ccc(Cl)cc4)CC3)ccc2n1. The van der Waals surface area contributed by atoms with Crippen molar-refractivity contribution in [2.24, 2.45) is 0 Å². The number of hydrogen-bond acceptors (Lipinski definition) is 3. The van der Waals surface area contributed by atoms with Crippen LogP contribution in [0.3, 0.4) is 0 Å². The zero-order valence-electron chi connectivity index (χ0n) is 17.4. The number of likely N-dealkylation sites (tertiary alicyclic amines) is 1. The highest BCUT2D eigenvalue weighted by atomic mass is 35.5. The number of fused-ring (bicyclic) bond motifs is 1. The molecular weight excluding hydrogens is 396 g/mol. The average Bonchev–Trinajstić information content (AvgIpc) is 2.74. The third-order valence-corrected chi connectivity index (χ3v) is 5.85. The topological polar surface area (TPSA) is 48.5 Å². The Morgan fingerprint density at radius 3 is 2.53 bits per heavy atom. The van der Waals surface area contributed by atoms with Gasteiger partial charge in [0.15, 0.2) is 0 Å². The maximum atomic E-state index is 12.7. The van der Waals surface area contributed by atoms with Crippen LogP contribution < -0.4 is 5.32 Å². The van der Waals surface area contributed by atoms with Gasteiger partial charge >= 0.3 is 6.03 Å². The van der Waals surface area contributed by atoms with Crippen molar-refractivity contribution in [3.8, 4) is 0 Å². The molecule has 2 amide bonds. The molecule has 2 aromatic carbocycles. The number of nitrogens with zero attached hydrogens (tertiary/aromatic N) is 3. The minimum Gasteiger partial charge on any atom is -0.324 e. The van der Waals surface area contributed by atoms with Gasteiger partial charge in [0.2, 0.25) is 0 Å². The zero-order chi connectivity index (χ0) is 21.1. The number of rotatable bonds is 4. The van der Waals surface area contributed by atoms with Gasteiger partial charge < -0.3 is 15.1 Å². The lowest BCUT2D eigenvalue weighted by atomic mass is 9.89. The molecule has 1 saturated heterocycles. The number of carbonyl (C=O) groups excluding carboxylic acids is 1. The predicted octanol–water partition coefficient (Wildman–Crippen LogP) is 5.36. The van der Waals surface area contributed by atoms with E-state index >= 15 is 0 Å². The van der Waals surface area contributed by atoms with Crippen LogP contribution in [-0.4, -0.2) is 48.0 Å². The van der Waals surface area contributed by atoms with Gasteiger partial charge in [-0.25, -0.2) is 4.79 Å². The van der Waals surface area contributed by atoms with Crippen molar-refractivity contribution in [1.82, 2.24) is 14.8 Å². The summed E-state index contributed by atoms with van der Waals surface area (Å²) in [6, 6.07) is 18.0. The summed E-state index contributed by atoms with van der Waals surface area (Å²) in [5.41, 5.74) is 4.08. The first-order chi connectivity index (χ1) is 14.5. The predicted molar refractivity (Wildman–Crippen MR) is 123 cm³/mol. The molecule has 1 N–H and O–H groups in total. The maximum absolute atomic E-state index is 12.7. The molecule has 1 aliphatic heterocycles. The fourth-order valence-corrected chi connectivity index (χ4v) is 4.14. The summed E-state index contributed by atoms with van der Waals surface area (Å²) in [5.74, 6) is 0.481. The maximum Gasteiger partial charge on any atom is 0.321 e. The standard InChI is InChI=1S/C24H27ClN4O/c1-28(2)16-22-8-5-19-15-21(9-10-23(19)26-22)27-24(30)29-13-11-18(12-14-29)17-3-6-20(25)7-4-17/h3-10,15,18H,11-14,16H2,1-2H3,(H,27,30). The largest absolute Gasteiger partial charge is 0.324 e. The van der Waals surface area contributed by atoms with E-state index in [-0.39, 0.29) is 6.03 Å². The summed E-state index contributed by atoms with van der Waals surface area (Å²) in [6.07, 6.45) is 1.93. The van der Waals surface area contributed by atoms with Gasteiger partial charge in [0.1, 0.15) is 0 Å². The number of urea groups is 1. The highest BCUT2D eigenvalue weighted by Crippen LogP contribution is 2.29. The summed E-state index contributed by atoms with van der Waals surface area (Å²) in [6.45, 7) is 2.31. The number of benzene rings is 2. The zero-order valence-corrected chi connectivity index (χ0v) is 18.2. The van der Waals surface area contributed by atoms with Crippen molar-refractivity contribution in [2.45, 2.75) is 25.3 Å². The molecule has 156 valence electrons. The third kappa shape index (κ3) is 4.91. The third-order valence-electron chi connectivity index (χ3n) is 5.60. The molecule has 0 saturated carbocycles. The first kappa shape index (κ1) is 20.6. The van der Waals surface area contributed by atoms with E-state index in [9.17, 15) is 4.79 Å². The van der Waals surface area contributed by atoms with Gasteiger partial charge in [0.25, 0.3) is 0 Å². The van der Waals surface area contributed by atoms with Crippen molar-refractivity contribution in [1.29, 1.82) is 0 Å². The summed E-state index contributed by atoms with van der Waals surface area (Å²) in [7, 11) is 4.06. The van der Waals surface area contributed by atoms with E-state index in [1.165, 1.54) is 5.56 Å². The Bertz CT molecular complexity index is 1030. The van der Waals surface area contributed by atoms with Gasteiger partial charge in [-0.2, -0.15) is 0 Å². The number of anilines is 1. The van der Waals surface area contributed by atoms with Crippen LogP contribution in [0.5, 0.6) is 0 Å². The second-order valence-electron chi connectivity index (χ2n) is 8.19. The Labute approximate surface area is 182 Å². The quantitative estimate of drug-likeness (QED) is 0.615. The first-order valence-electron chi connectivity index (χ1n) is 10.3. The van der Waals surface area contributed by atoms with Gasteiger partial charge in [-0.15, -0.1) is 0 Å². The molecule has 0 atom stereocenters. The Hall–Kier alpha value is -2.63. The van der Waals surface area contributed by atoms with Gasteiger partial charge in [0, 0.05) is 35.7 Å². The van der Waals surface area contributed by atoms with E-state index in [4.69, 9.17) is 16.6 Å². The van der Waals surface area contributed by atoms with Crippen molar-refractivity contribution in [3.05, 3.63) is 70.9 Å². The van der Waals surface area contributed by atoms with E-state index in [0.717, 1.165) is 59.8 Å². The molecule has 30 heavy (non-hydrogen) atoms. The van der Waals surface area contributed by atoms with Crippen LogP contribution in [0.2, 0.25) is 5.02 Å². The second-order valence-corrected chi connectivity index (χ2v) is 8.63. The van der Waals surface area contributed by atoms with Crippen molar-refractivity contribution >= 4 is 34.2 Å². The van der Waals surface area contributed by atoms with Crippen LogP contribution in [0.15, 0.2) is 54.6 Å². The highest BCUT2D eigenvalue weighted by molar-refractivity contribution is 6.30. The molecule has 1 aromatic heterocycles. The Balaban J connectivity index is 1.36. The van der Waals surface area contributed by atoms with Gasteiger partial charge in [-0.3, -0.25) is 4.98 Å². The molecule has 0 aliphatic carbocycles. The molecule has 1 aliphatic rings. The van der Waals surface area contributed by atoms with Crippen LogP contribution in [0, 0.1) is 0 Å². The molecule has 3 aromatic rings. The molecule has 0 spiro atoms. The highest BCUT2D eigenvalue weighted by Gasteiger charge is 2.24. The number of pyridine rings is 1. The number of piperidine rings is 1. The number of nitrogens with one attached hydrogen (secondary N) is 1. The van der Waals surface area contributed by atoms with Crippen LogP contribution in [0.4, 0.5) is 10.5 Å². The fraction of sp³-hybridized carbons (Fsp3) is 0.333. The second kappa shape index (κ2) is 9.02. The summed E-state index contributed by atoms with van der Waals surface area (Å²) >= 11 is 5.99. The monoisotopic (exact) mass is 422 g/mol. The first-order valence-corrected chi connectivity index (χ1v) is 10.7. The fourth-order valence-electron chi connectivity index (χ4n) is 4.01. The number of halogens is 1. The molecule has 0 radical (unpaired) electrons. The molecular formula is C24H27ClN4O. The Morgan fingerprint density at radius 1 is 1.10 bits per heavy atom. The van der Waals surface area contributed by atoms with E-state index in [0.29, 0.717) is 5.92 Å². The van der Waals surface area contributed by atoms with Crippen molar-refractivity contribution in [3.63, 3.8) is 0 Å².